The van der Waals surface area contributed by atoms with Gasteiger partial charge < -0.3 is 15.1 Å². The first-order valence-electron chi connectivity index (χ1n) is 3.33. The van der Waals surface area contributed by atoms with E-state index in [1.165, 1.54) is 11.8 Å². The van der Waals surface area contributed by atoms with Gasteiger partial charge in [-0.05, 0) is 5.41 Å². The van der Waals surface area contributed by atoms with Gasteiger partial charge in [-0.15, -0.1) is 0 Å². The molecule has 0 fully saturated rings. The summed E-state index contributed by atoms with van der Waals surface area (Å²) in [6.07, 6.45) is -1.06. The molecule has 68 valence electrons. The van der Waals surface area contributed by atoms with Crippen LogP contribution >= 0.6 is 11.8 Å². The van der Waals surface area contributed by atoms with Crippen molar-refractivity contribution >= 4 is 17.9 Å². The van der Waals surface area contributed by atoms with Gasteiger partial charge in [0.15, 0.2) is 5.50 Å². The Hall–Kier alpha value is -0.880. The number of nitrogens with zero attached hydrogens (tertiary/aromatic N) is 1. The van der Waals surface area contributed by atoms with E-state index in [4.69, 9.17) is 10.2 Å². The van der Waals surface area contributed by atoms with Crippen molar-refractivity contribution in [3.8, 4) is 0 Å². The van der Waals surface area contributed by atoms with Crippen molar-refractivity contribution in [2.24, 2.45) is 0 Å². The number of carboxylic acid groups (broad SMARTS) is 1. The maximum atomic E-state index is 10.3. The smallest absolute Gasteiger partial charge is 0.406 e. The summed E-state index contributed by atoms with van der Waals surface area (Å²) in [4.78, 5) is 11.9. The average molecular weight is 190 g/mol. The number of hydrogen-bond donors (Lipinski definition) is 3. The highest BCUT2D eigenvalue weighted by molar-refractivity contribution is 8.02. The highest BCUT2D eigenvalue weighted by Gasteiger charge is 2.23. The minimum Gasteiger partial charge on any atom is -0.465 e. The Morgan fingerprint density at radius 2 is 2.58 bits per heavy atom. The van der Waals surface area contributed by atoms with Crippen LogP contribution in [0.3, 0.4) is 0 Å². The van der Waals surface area contributed by atoms with Gasteiger partial charge in [-0.1, -0.05) is 11.8 Å². The quantitative estimate of drug-likeness (QED) is 0.574. The molecule has 0 saturated heterocycles. The topological polar surface area (TPSA) is 72.8 Å². The monoisotopic (exact) mass is 190 g/mol. The van der Waals surface area contributed by atoms with Crippen molar-refractivity contribution in [3.05, 3.63) is 11.1 Å². The van der Waals surface area contributed by atoms with E-state index in [-0.39, 0.29) is 12.1 Å². The summed E-state index contributed by atoms with van der Waals surface area (Å²) < 4.78 is 0. The molecule has 6 heteroatoms. The van der Waals surface area contributed by atoms with Crippen LogP contribution in [-0.2, 0) is 0 Å². The summed E-state index contributed by atoms with van der Waals surface area (Å²) >= 11 is 1.32. The fourth-order valence-corrected chi connectivity index (χ4v) is 1.87. The summed E-state index contributed by atoms with van der Waals surface area (Å²) in [6, 6.07) is 0. The zero-order valence-electron chi connectivity index (χ0n) is 6.52. The fraction of sp³-hybridized carbons (Fsp3) is 0.500. The van der Waals surface area contributed by atoms with Crippen LogP contribution in [0, 0.1) is 0 Å². The number of amides is 1. The van der Waals surface area contributed by atoms with Gasteiger partial charge in [-0.2, -0.15) is 0 Å². The SMILES string of the molecule is CN1C(CO)=CSC1NC(=O)O. The van der Waals surface area contributed by atoms with Gasteiger partial charge in [0.25, 0.3) is 0 Å². The van der Waals surface area contributed by atoms with Gasteiger partial charge in [-0.25, -0.2) is 4.79 Å². The molecule has 1 atom stereocenters. The zero-order chi connectivity index (χ0) is 9.14. The first-order valence-corrected chi connectivity index (χ1v) is 4.27. The fourth-order valence-electron chi connectivity index (χ4n) is 0.853. The number of hydrogen-bond acceptors (Lipinski definition) is 4. The number of aliphatic hydroxyl groups excluding tert-OH is 1. The normalized spacial score (nSPS) is 22.3. The second-order valence-corrected chi connectivity index (χ2v) is 3.27. The molecule has 0 spiro atoms. The molecule has 1 amide bonds. The lowest BCUT2D eigenvalue weighted by molar-refractivity contribution is 0.182. The van der Waals surface area contributed by atoms with E-state index in [1.807, 2.05) is 0 Å². The van der Waals surface area contributed by atoms with E-state index >= 15 is 0 Å². The van der Waals surface area contributed by atoms with Gasteiger partial charge in [0.2, 0.25) is 0 Å². The van der Waals surface area contributed by atoms with E-state index in [9.17, 15) is 4.79 Å². The van der Waals surface area contributed by atoms with Gasteiger partial charge in [0.05, 0.1) is 6.61 Å². The predicted molar refractivity (Wildman–Crippen MR) is 45.5 cm³/mol. The number of likely N-dealkylation sites (N-methyl/N-ethyl adjacent to an activating group) is 1. The first-order chi connectivity index (χ1) is 5.65. The van der Waals surface area contributed by atoms with Crippen LogP contribution in [0.2, 0.25) is 0 Å². The molecule has 1 aliphatic rings. The molecule has 3 N–H and O–H groups in total. The number of rotatable bonds is 2. The third-order valence-electron chi connectivity index (χ3n) is 1.55. The minimum atomic E-state index is -1.06. The summed E-state index contributed by atoms with van der Waals surface area (Å²) in [7, 11) is 1.72. The molecule has 5 nitrogen and oxygen atoms in total. The Morgan fingerprint density at radius 1 is 1.92 bits per heavy atom. The number of nitrogens with one attached hydrogen (secondary N) is 1. The molecule has 1 rings (SSSR count). The highest BCUT2D eigenvalue weighted by atomic mass is 32.2. The average Bonchev–Trinajstić information content (AvgIpc) is 2.32. The van der Waals surface area contributed by atoms with Crippen LogP contribution in [0.4, 0.5) is 4.79 Å². The molecule has 0 aliphatic carbocycles. The number of thioether (sulfide) groups is 1. The molecule has 0 bridgehead atoms. The van der Waals surface area contributed by atoms with Crippen molar-refractivity contribution in [3.63, 3.8) is 0 Å². The lowest BCUT2D eigenvalue weighted by atomic mass is 10.5. The van der Waals surface area contributed by atoms with E-state index < -0.39 is 6.09 Å². The van der Waals surface area contributed by atoms with Gasteiger partial charge >= 0.3 is 6.09 Å². The number of carbonyl (C=O) groups is 1. The third kappa shape index (κ3) is 1.83. The molecule has 12 heavy (non-hydrogen) atoms. The molecule has 1 heterocycles. The van der Waals surface area contributed by atoms with Crippen LogP contribution in [0.25, 0.3) is 0 Å². The van der Waals surface area contributed by atoms with E-state index in [0.717, 1.165) is 5.70 Å². The molecule has 1 aliphatic heterocycles. The number of aliphatic hydroxyl groups is 1. The lowest BCUT2D eigenvalue weighted by Gasteiger charge is -2.22. The van der Waals surface area contributed by atoms with E-state index in [1.54, 1.807) is 17.4 Å². The summed E-state index contributed by atoms with van der Waals surface area (Å²) in [5.74, 6) is 0. The highest BCUT2D eigenvalue weighted by Crippen LogP contribution is 2.26. The van der Waals surface area contributed by atoms with Crippen LogP contribution in [0.5, 0.6) is 0 Å². The van der Waals surface area contributed by atoms with E-state index in [2.05, 4.69) is 5.32 Å². The zero-order valence-corrected chi connectivity index (χ0v) is 7.34. The lowest BCUT2D eigenvalue weighted by Crippen LogP contribution is -2.40. The molecule has 0 aromatic carbocycles. The second kappa shape index (κ2) is 3.68. The molecule has 0 saturated carbocycles. The predicted octanol–water partition coefficient (Wildman–Crippen LogP) is 0.0499. The van der Waals surface area contributed by atoms with Crippen molar-refractivity contribution in [1.82, 2.24) is 10.2 Å². The summed E-state index contributed by atoms with van der Waals surface area (Å²) in [5.41, 5.74) is 0.406. The van der Waals surface area contributed by atoms with Crippen LogP contribution < -0.4 is 5.32 Å². The van der Waals surface area contributed by atoms with Crippen LogP contribution in [0.15, 0.2) is 11.1 Å². The van der Waals surface area contributed by atoms with Crippen LogP contribution in [-0.4, -0.2) is 40.4 Å². The van der Waals surface area contributed by atoms with Crippen molar-refractivity contribution in [2.45, 2.75) is 5.50 Å². The molecule has 0 aromatic heterocycles. The van der Waals surface area contributed by atoms with Crippen molar-refractivity contribution in [2.75, 3.05) is 13.7 Å². The Balaban J connectivity index is 2.49. The summed E-state index contributed by atoms with van der Waals surface area (Å²) in [5, 5.41) is 21.2. The minimum absolute atomic E-state index is 0.0682. The van der Waals surface area contributed by atoms with Gasteiger partial charge in [0, 0.05) is 12.7 Å². The third-order valence-corrected chi connectivity index (χ3v) is 2.65. The van der Waals surface area contributed by atoms with E-state index in [0.29, 0.717) is 0 Å². The van der Waals surface area contributed by atoms with Gasteiger partial charge in [0.1, 0.15) is 0 Å². The maximum Gasteiger partial charge on any atom is 0.406 e. The summed E-state index contributed by atoms with van der Waals surface area (Å²) in [6.45, 7) is -0.0682. The standard InChI is InChI=1S/C6H10N2O3S/c1-8-4(2-9)3-12-5(8)7-6(10)11/h3,5,7,9H,2H2,1H3,(H,10,11). The Bertz CT molecular complexity index is 219. The first kappa shape index (κ1) is 9.21. The Morgan fingerprint density at radius 3 is 3.00 bits per heavy atom. The molecular formula is C6H10N2O3S. The second-order valence-electron chi connectivity index (χ2n) is 2.32. The molecular weight excluding hydrogens is 180 g/mol. The molecule has 0 aromatic rings. The van der Waals surface area contributed by atoms with Crippen molar-refractivity contribution < 1.29 is 15.0 Å². The van der Waals surface area contributed by atoms with Crippen LogP contribution in [0.1, 0.15) is 0 Å². The molecule has 1 unspecified atom stereocenters. The largest absolute Gasteiger partial charge is 0.465 e. The van der Waals surface area contributed by atoms with Gasteiger partial charge in [-0.3, -0.25) is 5.32 Å². The molecule has 0 radical (unpaired) electrons. The van der Waals surface area contributed by atoms with Crippen molar-refractivity contribution in [1.29, 1.82) is 0 Å². The maximum absolute atomic E-state index is 10.3. The Labute approximate surface area is 74.1 Å². The Kier molecular flexibility index (Phi) is 2.83.